The zero-order valence-electron chi connectivity index (χ0n) is 10.4. The molecule has 4 heteroatoms. The molecule has 1 fully saturated rings. The Morgan fingerprint density at radius 1 is 1.29 bits per heavy atom. The minimum atomic E-state index is 0.552. The standard InChI is InChI=1S/C13H19NO2S/c1-15-11-5-6-12(13(8-11)16-2)14-10-4-3-7-17-9-10/h5-6,8,10,14H,3-4,7,9H2,1-2H3. The first-order valence-corrected chi connectivity index (χ1v) is 7.05. The van der Waals surface area contributed by atoms with E-state index in [1.807, 2.05) is 30.0 Å². The van der Waals surface area contributed by atoms with Crippen LogP contribution in [0.3, 0.4) is 0 Å². The maximum Gasteiger partial charge on any atom is 0.145 e. The highest BCUT2D eigenvalue weighted by Crippen LogP contribution is 2.31. The summed E-state index contributed by atoms with van der Waals surface area (Å²) < 4.78 is 10.6. The number of rotatable bonds is 4. The van der Waals surface area contributed by atoms with Crippen molar-refractivity contribution in [1.29, 1.82) is 0 Å². The van der Waals surface area contributed by atoms with E-state index in [-0.39, 0.29) is 0 Å². The molecule has 1 unspecified atom stereocenters. The molecule has 1 heterocycles. The van der Waals surface area contributed by atoms with Crippen LogP contribution >= 0.6 is 11.8 Å². The number of thioether (sulfide) groups is 1. The van der Waals surface area contributed by atoms with Crippen LogP contribution in [0.15, 0.2) is 18.2 Å². The number of anilines is 1. The lowest BCUT2D eigenvalue weighted by molar-refractivity contribution is 0.395. The first-order valence-electron chi connectivity index (χ1n) is 5.90. The van der Waals surface area contributed by atoms with E-state index in [2.05, 4.69) is 5.32 Å². The molecule has 0 saturated carbocycles. The van der Waals surface area contributed by atoms with Gasteiger partial charge >= 0.3 is 0 Å². The van der Waals surface area contributed by atoms with Gasteiger partial charge in [0.15, 0.2) is 0 Å². The molecule has 0 bridgehead atoms. The molecule has 94 valence electrons. The fourth-order valence-electron chi connectivity index (χ4n) is 1.99. The zero-order chi connectivity index (χ0) is 12.1. The van der Waals surface area contributed by atoms with Crippen LogP contribution in [0.5, 0.6) is 11.5 Å². The molecule has 1 aromatic carbocycles. The number of methoxy groups -OCH3 is 2. The Hall–Kier alpha value is -1.03. The fourth-order valence-corrected chi connectivity index (χ4v) is 3.06. The average molecular weight is 253 g/mol. The van der Waals surface area contributed by atoms with E-state index in [0.29, 0.717) is 6.04 Å². The molecule has 2 rings (SSSR count). The van der Waals surface area contributed by atoms with Crippen LogP contribution in [-0.4, -0.2) is 31.8 Å². The molecule has 0 radical (unpaired) electrons. The van der Waals surface area contributed by atoms with Crippen molar-refractivity contribution in [3.05, 3.63) is 18.2 Å². The molecular weight excluding hydrogens is 234 g/mol. The predicted molar refractivity (Wildman–Crippen MR) is 73.5 cm³/mol. The van der Waals surface area contributed by atoms with Crippen LogP contribution in [0.2, 0.25) is 0 Å². The summed E-state index contributed by atoms with van der Waals surface area (Å²) in [5, 5.41) is 3.55. The van der Waals surface area contributed by atoms with E-state index < -0.39 is 0 Å². The fraction of sp³-hybridized carbons (Fsp3) is 0.538. The van der Waals surface area contributed by atoms with E-state index in [4.69, 9.17) is 9.47 Å². The molecule has 1 aliphatic rings. The van der Waals surface area contributed by atoms with Gasteiger partial charge in [0.05, 0.1) is 19.9 Å². The quantitative estimate of drug-likeness (QED) is 0.893. The Morgan fingerprint density at radius 3 is 2.82 bits per heavy atom. The highest BCUT2D eigenvalue weighted by atomic mass is 32.2. The highest BCUT2D eigenvalue weighted by Gasteiger charge is 2.15. The van der Waals surface area contributed by atoms with Crippen molar-refractivity contribution >= 4 is 17.4 Å². The van der Waals surface area contributed by atoms with Crippen molar-refractivity contribution in [2.75, 3.05) is 31.0 Å². The Balaban J connectivity index is 2.08. The molecule has 1 aromatic rings. The van der Waals surface area contributed by atoms with Gasteiger partial charge in [-0.25, -0.2) is 0 Å². The third-order valence-corrected chi connectivity index (χ3v) is 4.14. The maximum atomic E-state index is 5.38. The molecule has 1 atom stereocenters. The lowest BCUT2D eigenvalue weighted by Crippen LogP contribution is -2.25. The molecule has 0 aromatic heterocycles. The monoisotopic (exact) mass is 253 g/mol. The van der Waals surface area contributed by atoms with E-state index >= 15 is 0 Å². The van der Waals surface area contributed by atoms with Crippen LogP contribution in [-0.2, 0) is 0 Å². The molecule has 0 spiro atoms. The number of hydrogen-bond donors (Lipinski definition) is 1. The minimum Gasteiger partial charge on any atom is -0.497 e. The topological polar surface area (TPSA) is 30.5 Å². The van der Waals surface area contributed by atoms with Crippen molar-refractivity contribution in [2.45, 2.75) is 18.9 Å². The Labute approximate surface area is 107 Å². The lowest BCUT2D eigenvalue weighted by Gasteiger charge is -2.24. The first-order chi connectivity index (χ1) is 8.33. The van der Waals surface area contributed by atoms with Crippen molar-refractivity contribution in [1.82, 2.24) is 0 Å². The second kappa shape index (κ2) is 6.05. The first kappa shape index (κ1) is 12.4. The number of nitrogens with one attached hydrogen (secondary N) is 1. The molecule has 1 N–H and O–H groups in total. The molecule has 1 aliphatic heterocycles. The molecular formula is C13H19NO2S. The van der Waals surface area contributed by atoms with Gasteiger partial charge in [-0.1, -0.05) is 0 Å². The molecule has 17 heavy (non-hydrogen) atoms. The molecule has 0 amide bonds. The van der Waals surface area contributed by atoms with E-state index in [9.17, 15) is 0 Å². The third kappa shape index (κ3) is 3.22. The number of ether oxygens (including phenoxy) is 2. The summed E-state index contributed by atoms with van der Waals surface area (Å²) in [7, 11) is 3.36. The molecule has 0 aliphatic carbocycles. The second-order valence-corrected chi connectivity index (χ2v) is 5.27. The highest BCUT2D eigenvalue weighted by molar-refractivity contribution is 7.99. The van der Waals surface area contributed by atoms with E-state index in [0.717, 1.165) is 17.2 Å². The minimum absolute atomic E-state index is 0.552. The zero-order valence-corrected chi connectivity index (χ0v) is 11.2. The molecule has 3 nitrogen and oxygen atoms in total. The summed E-state index contributed by atoms with van der Waals surface area (Å²) in [4.78, 5) is 0. The van der Waals surface area contributed by atoms with Gasteiger partial charge in [0.1, 0.15) is 11.5 Å². The summed E-state index contributed by atoms with van der Waals surface area (Å²) in [6.45, 7) is 0. The summed E-state index contributed by atoms with van der Waals surface area (Å²) >= 11 is 2.02. The van der Waals surface area contributed by atoms with Gasteiger partial charge in [0.25, 0.3) is 0 Å². The SMILES string of the molecule is COc1ccc(NC2CCCSC2)c(OC)c1. The number of benzene rings is 1. The summed E-state index contributed by atoms with van der Waals surface area (Å²) in [5.74, 6) is 4.14. The van der Waals surface area contributed by atoms with Gasteiger partial charge < -0.3 is 14.8 Å². The van der Waals surface area contributed by atoms with Crippen LogP contribution < -0.4 is 14.8 Å². The Kier molecular flexibility index (Phi) is 4.42. The summed E-state index contributed by atoms with van der Waals surface area (Å²) in [6.07, 6.45) is 2.53. The Morgan fingerprint density at radius 2 is 2.18 bits per heavy atom. The van der Waals surface area contributed by atoms with Crippen molar-refractivity contribution < 1.29 is 9.47 Å². The normalized spacial score (nSPS) is 19.8. The van der Waals surface area contributed by atoms with Gasteiger partial charge in [-0.3, -0.25) is 0 Å². The van der Waals surface area contributed by atoms with Crippen LogP contribution in [0, 0.1) is 0 Å². The smallest absolute Gasteiger partial charge is 0.145 e. The largest absolute Gasteiger partial charge is 0.497 e. The third-order valence-electron chi connectivity index (χ3n) is 2.93. The van der Waals surface area contributed by atoms with Crippen molar-refractivity contribution in [2.24, 2.45) is 0 Å². The Bertz CT molecular complexity index is 364. The average Bonchev–Trinajstić information content (AvgIpc) is 2.40. The van der Waals surface area contributed by atoms with Gasteiger partial charge in [0, 0.05) is 17.9 Å². The summed E-state index contributed by atoms with van der Waals surface area (Å²) in [6, 6.07) is 6.45. The van der Waals surface area contributed by atoms with Crippen molar-refractivity contribution in [3.8, 4) is 11.5 Å². The predicted octanol–water partition coefficient (Wildman–Crippen LogP) is 3.01. The van der Waals surface area contributed by atoms with E-state index in [1.54, 1.807) is 14.2 Å². The number of hydrogen-bond acceptors (Lipinski definition) is 4. The maximum absolute atomic E-state index is 5.38. The van der Waals surface area contributed by atoms with Gasteiger partial charge in [-0.05, 0) is 30.7 Å². The lowest BCUT2D eigenvalue weighted by atomic mass is 10.1. The van der Waals surface area contributed by atoms with Crippen LogP contribution in [0.1, 0.15) is 12.8 Å². The molecule has 1 saturated heterocycles. The van der Waals surface area contributed by atoms with Crippen LogP contribution in [0.25, 0.3) is 0 Å². The van der Waals surface area contributed by atoms with E-state index in [1.165, 1.54) is 24.3 Å². The van der Waals surface area contributed by atoms with Crippen molar-refractivity contribution in [3.63, 3.8) is 0 Å². The summed E-state index contributed by atoms with van der Waals surface area (Å²) in [5.41, 5.74) is 1.06. The second-order valence-electron chi connectivity index (χ2n) is 4.12. The van der Waals surface area contributed by atoms with Crippen LogP contribution in [0.4, 0.5) is 5.69 Å². The van der Waals surface area contributed by atoms with Gasteiger partial charge in [-0.2, -0.15) is 11.8 Å². The van der Waals surface area contributed by atoms with Gasteiger partial charge in [-0.15, -0.1) is 0 Å². The van der Waals surface area contributed by atoms with Gasteiger partial charge in [0.2, 0.25) is 0 Å².